The van der Waals surface area contributed by atoms with Gasteiger partial charge in [-0.2, -0.15) is 39.5 Å². The molecule has 2 amide bonds. The maximum Gasteiger partial charge on any atom is 0.416 e. The summed E-state index contributed by atoms with van der Waals surface area (Å²) in [5, 5.41) is 0. The molecule has 41 heavy (non-hydrogen) atoms. The van der Waals surface area contributed by atoms with Crippen molar-refractivity contribution >= 4 is 17.7 Å². The summed E-state index contributed by atoms with van der Waals surface area (Å²) in [4.78, 5) is 27.8. The van der Waals surface area contributed by atoms with E-state index in [4.69, 9.17) is 4.74 Å². The maximum absolute atomic E-state index is 13.8. The van der Waals surface area contributed by atoms with Crippen molar-refractivity contribution in [2.45, 2.75) is 77.6 Å². The summed E-state index contributed by atoms with van der Waals surface area (Å²) in [5.41, 5.74) is -4.28. The third-order valence-corrected chi connectivity index (χ3v) is 6.88. The van der Waals surface area contributed by atoms with E-state index in [0.29, 0.717) is 6.08 Å². The fourth-order valence-corrected chi connectivity index (χ4v) is 5.13. The van der Waals surface area contributed by atoms with Gasteiger partial charge in [0, 0.05) is 25.6 Å². The second-order valence-corrected chi connectivity index (χ2v) is 10.4. The molecule has 0 saturated heterocycles. The summed E-state index contributed by atoms with van der Waals surface area (Å²) in [6, 6.07) is 0.872. The molecule has 5 nitrogen and oxygen atoms in total. The van der Waals surface area contributed by atoms with Crippen molar-refractivity contribution in [2.75, 3.05) is 18.0 Å². The van der Waals surface area contributed by atoms with Crippen LogP contribution in [0.5, 0.6) is 0 Å². The smallest absolute Gasteiger partial charge is 0.416 e. The number of benzene rings is 1. The Labute approximate surface area is 230 Å². The Bertz CT molecular complexity index is 1230. The fourth-order valence-electron chi connectivity index (χ4n) is 5.13. The number of carbonyl (C=O) groups is 2. The average Bonchev–Trinajstić information content (AvgIpc) is 2.98. The van der Waals surface area contributed by atoms with Crippen molar-refractivity contribution < 1.29 is 53.8 Å². The van der Waals surface area contributed by atoms with Crippen LogP contribution in [0.3, 0.4) is 0 Å². The van der Waals surface area contributed by atoms with Crippen molar-refractivity contribution in [3.8, 4) is 0 Å². The molecule has 1 aromatic rings. The summed E-state index contributed by atoms with van der Waals surface area (Å²) in [6.45, 7) is 4.68. The number of hydrogen-bond donors (Lipinski definition) is 0. The highest BCUT2D eigenvalue weighted by atomic mass is 19.4. The number of fused-ring (bicyclic) bond motifs is 1. The molecule has 1 aliphatic heterocycles. The first kappa shape index (κ1) is 32.3. The van der Waals surface area contributed by atoms with E-state index in [9.17, 15) is 49.1 Å². The van der Waals surface area contributed by atoms with E-state index in [2.05, 4.69) is 0 Å². The Morgan fingerprint density at radius 3 is 2.17 bits per heavy atom. The maximum atomic E-state index is 13.8. The molecule has 1 aliphatic carbocycles. The number of hydrogen-bond acceptors (Lipinski definition) is 3. The lowest BCUT2D eigenvalue weighted by Crippen LogP contribution is -2.38. The largest absolute Gasteiger partial charge is 0.446 e. The number of nitrogens with zero attached hydrogens (tertiary/aromatic N) is 2. The molecule has 0 N–H and O–H groups in total. The van der Waals surface area contributed by atoms with Gasteiger partial charge in [0.15, 0.2) is 0 Å². The van der Waals surface area contributed by atoms with Crippen LogP contribution in [0.4, 0.5) is 50.0 Å². The molecule has 0 spiro atoms. The molecule has 228 valence electrons. The molecule has 14 heteroatoms. The van der Waals surface area contributed by atoms with E-state index in [1.165, 1.54) is 6.92 Å². The molecule has 2 atom stereocenters. The van der Waals surface area contributed by atoms with Gasteiger partial charge in [-0.3, -0.25) is 9.69 Å². The van der Waals surface area contributed by atoms with Crippen LogP contribution < -0.4 is 4.90 Å². The lowest BCUT2D eigenvalue weighted by atomic mass is 9.88. The van der Waals surface area contributed by atoms with Gasteiger partial charge in [0.05, 0.1) is 29.0 Å². The summed E-state index contributed by atoms with van der Waals surface area (Å²) in [7, 11) is 0. The van der Waals surface area contributed by atoms with E-state index in [0.717, 1.165) is 28.9 Å². The Morgan fingerprint density at radius 1 is 1.02 bits per heavy atom. The molecule has 0 saturated carbocycles. The van der Waals surface area contributed by atoms with Crippen LogP contribution >= 0.6 is 0 Å². The minimum Gasteiger partial charge on any atom is -0.446 e. The second kappa shape index (κ2) is 11.6. The van der Waals surface area contributed by atoms with Gasteiger partial charge in [0.1, 0.15) is 0 Å². The number of anilines is 1. The van der Waals surface area contributed by atoms with Crippen LogP contribution in [-0.2, 0) is 15.7 Å². The number of halogens is 9. The van der Waals surface area contributed by atoms with Gasteiger partial charge >= 0.3 is 24.6 Å². The Kier molecular flexibility index (Phi) is 9.14. The monoisotopic (exact) mass is 600 g/mol. The van der Waals surface area contributed by atoms with Gasteiger partial charge in [-0.15, -0.1) is 0 Å². The Hall–Kier alpha value is -3.19. The second-order valence-electron chi connectivity index (χ2n) is 10.4. The number of aryl methyl sites for hydroxylation is 1. The molecule has 0 fully saturated rings. The van der Waals surface area contributed by atoms with E-state index in [1.54, 1.807) is 13.8 Å². The van der Waals surface area contributed by atoms with Crippen molar-refractivity contribution in [1.29, 1.82) is 0 Å². The van der Waals surface area contributed by atoms with Gasteiger partial charge < -0.3 is 9.64 Å². The summed E-state index contributed by atoms with van der Waals surface area (Å²) in [5.74, 6) is -2.09. The van der Waals surface area contributed by atoms with Gasteiger partial charge in [-0.1, -0.05) is 12.1 Å². The zero-order chi connectivity index (χ0) is 31.1. The minimum absolute atomic E-state index is 0.0375. The molecule has 3 rings (SSSR count). The van der Waals surface area contributed by atoms with E-state index < -0.39 is 78.3 Å². The van der Waals surface area contributed by atoms with Crippen molar-refractivity contribution in [2.24, 2.45) is 5.92 Å². The lowest BCUT2D eigenvalue weighted by Gasteiger charge is -2.36. The number of amides is 2. The molecule has 0 radical (unpaired) electrons. The van der Waals surface area contributed by atoms with E-state index in [1.807, 2.05) is 0 Å². The zero-order valence-corrected chi connectivity index (χ0v) is 22.6. The summed E-state index contributed by atoms with van der Waals surface area (Å²) >= 11 is 0. The van der Waals surface area contributed by atoms with Crippen molar-refractivity contribution in [1.82, 2.24) is 4.90 Å². The van der Waals surface area contributed by atoms with Crippen LogP contribution in [-0.4, -0.2) is 48.4 Å². The van der Waals surface area contributed by atoms with Gasteiger partial charge in [-0.25, -0.2) is 4.79 Å². The van der Waals surface area contributed by atoms with Crippen LogP contribution in [0.15, 0.2) is 35.4 Å². The van der Waals surface area contributed by atoms with Crippen molar-refractivity contribution in [3.05, 3.63) is 52.1 Å². The predicted molar refractivity (Wildman–Crippen MR) is 131 cm³/mol. The molecule has 1 heterocycles. The first-order valence-corrected chi connectivity index (χ1v) is 12.7. The van der Waals surface area contributed by atoms with E-state index >= 15 is 0 Å². The summed E-state index contributed by atoms with van der Waals surface area (Å²) in [6.07, 6.45) is -16.4. The fraction of sp³-hybridized carbons (Fsp3) is 0.556. The first-order chi connectivity index (χ1) is 18.7. The highest BCUT2D eigenvalue weighted by Gasteiger charge is 2.43. The normalized spacial score (nSPS) is 20.2. The van der Waals surface area contributed by atoms with Crippen LogP contribution in [0.1, 0.15) is 62.8 Å². The zero-order valence-electron chi connectivity index (χ0n) is 22.6. The van der Waals surface area contributed by atoms with Crippen LogP contribution in [0, 0.1) is 12.8 Å². The average molecular weight is 601 g/mol. The van der Waals surface area contributed by atoms with Gasteiger partial charge in [-0.05, 0) is 69.2 Å². The Balaban J connectivity index is 2.12. The third-order valence-electron chi connectivity index (χ3n) is 6.88. The number of ether oxygens (including phenoxy) is 1. The quantitative estimate of drug-likeness (QED) is 0.329. The number of alkyl halides is 9. The molecule has 2 unspecified atom stereocenters. The van der Waals surface area contributed by atoms with Crippen LogP contribution in [0.25, 0.3) is 0 Å². The number of rotatable bonds is 4. The van der Waals surface area contributed by atoms with Gasteiger partial charge in [0.2, 0.25) is 5.91 Å². The van der Waals surface area contributed by atoms with Crippen LogP contribution in [0.2, 0.25) is 0 Å². The molecule has 0 bridgehead atoms. The lowest BCUT2D eigenvalue weighted by molar-refractivity contribution is -0.138. The van der Waals surface area contributed by atoms with E-state index in [-0.39, 0.29) is 42.3 Å². The topological polar surface area (TPSA) is 49.9 Å². The van der Waals surface area contributed by atoms with Crippen molar-refractivity contribution in [3.63, 3.8) is 0 Å². The molecule has 1 aromatic carbocycles. The molecular weight excluding hydrogens is 571 g/mol. The standard InChI is InChI=1S/C27H29F9N2O3/c1-14(2)41-24(40)37-7-5-6-22(20-8-15(3)21(12-23(20)37)27(34,35)36)38(16(4)39)13-17-9-18(25(28,29)30)11-19(10-17)26(31,32)33/h8-9,11-12,14,17,22H,5-7,10,13H2,1-4H3. The van der Waals surface area contributed by atoms with Gasteiger partial charge in [0.25, 0.3) is 0 Å². The molecular formula is C27H29F9N2O3. The summed E-state index contributed by atoms with van der Waals surface area (Å²) < 4.78 is 128. The molecule has 2 aliphatic rings. The number of allylic oxidation sites excluding steroid dienone is 3. The highest BCUT2D eigenvalue weighted by Crippen LogP contribution is 2.45. The Morgan fingerprint density at radius 2 is 1.66 bits per heavy atom. The highest BCUT2D eigenvalue weighted by molar-refractivity contribution is 5.90. The minimum atomic E-state index is -5.08. The SMILES string of the molecule is CC(=O)N(CC1C=C(C(F)(F)F)C=C(C(F)(F)F)C1)C1CCCN(C(=O)OC(C)C)c2cc(C(F)(F)F)c(C)cc21. The third kappa shape index (κ3) is 7.56. The first-order valence-electron chi connectivity index (χ1n) is 12.7. The number of carbonyl (C=O) groups excluding carboxylic acids is 2. The molecule has 0 aromatic heterocycles. The predicted octanol–water partition coefficient (Wildman–Crippen LogP) is 8.05.